The van der Waals surface area contributed by atoms with E-state index in [0.717, 1.165) is 88.2 Å². The Kier molecular flexibility index (Phi) is 13.0. The zero-order valence-corrected chi connectivity index (χ0v) is 28.3. The first kappa shape index (κ1) is 35.2. The highest BCUT2D eigenvalue weighted by Crippen LogP contribution is 2.36. The van der Waals surface area contributed by atoms with Crippen LogP contribution in [0, 0.1) is 0 Å². The van der Waals surface area contributed by atoms with Crippen LogP contribution in [0.2, 0.25) is 5.02 Å². The first-order valence-corrected chi connectivity index (χ1v) is 18.0. The number of aliphatic hydroxyl groups is 1. The number of nitrogens with one attached hydrogen (secondary N) is 1. The molecule has 5 rings (SSSR count). The summed E-state index contributed by atoms with van der Waals surface area (Å²) in [5.41, 5.74) is 2.44. The molecule has 256 valence electrons. The Bertz CT molecular complexity index is 1310. The molecule has 2 atom stereocenters. The van der Waals surface area contributed by atoms with Gasteiger partial charge in [0.1, 0.15) is 18.5 Å². The van der Waals surface area contributed by atoms with Crippen LogP contribution in [0.1, 0.15) is 120 Å². The molecule has 3 aliphatic rings. The van der Waals surface area contributed by atoms with E-state index in [1.54, 1.807) is 12.1 Å². The highest BCUT2D eigenvalue weighted by Gasteiger charge is 2.59. The van der Waals surface area contributed by atoms with Crippen molar-refractivity contribution in [2.45, 2.75) is 133 Å². The second-order valence-electron chi connectivity index (χ2n) is 13.3. The van der Waals surface area contributed by atoms with Crippen molar-refractivity contribution in [2.75, 3.05) is 6.54 Å². The monoisotopic (exact) mass is 667 g/mol. The average Bonchev–Trinajstić information content (AvgIpc) is 3.50. The van der Waals surface area contributed by atoms with Gasteiger partial charge in [0.2, 0.25) is 0 Å². The summed E-state index contributed by atoms with van der Waals surface area (Å²) in [6.45, 7) is 2.42. The molecule has 2 aromatic carbocycles. The maximum absolute atomic E-state index is 13.8. The van der Waals surface area contributed by atoms with E-state index < -0.39 is 23.8 Å². The number of carbonyl (C=O) groups excluding carboxylic acids is 2. The minimum atomic E-state index is -2.33. The fourth-order valence-electron chi connectivity index (χ4n) is 6.68. The number of aliphatic hydroxyl groups excluding tert-OH is 1. The number of esters is 2. The molecule has 0 aromatic heterocycles. The predicted molar refractivity (Wildman–Crippen MR) is 181 cm³/mol. The van der Waals surface area contributed by atoms with E-state index in [-0.39, 0.29) is 24.0 Å². The van der Waals surface area contributed by atoms with Gasteiger partial charge in [0.15, 0.2) is 5.76 Å². The van der Waals surface area contributed by atoms with Gasteiger partial charge in [0.05, 0.1) is 6.10 Å². The lowest BCUT2D eigenvalue weighted by Gasteiger charge is -2.29. The third-order valence-electron chi connectivity index (χ3n) is 9.42. The molecule has 1 aliphatic heterocycles. The molecular formula is C38H50ClNO7. The van der Waals surface area contributed by atoms with Crippen molar-refractivity contribution in [2.24, 2.45) is 0 Å². The zero-order valence-electron chi connectivity index (χ0n) is 27.6. The lowest BCUT2D eigenvalue weighted by atomic mass is 9.98. The first-order valence-electron chi connectivity index (χ1n) is 17.6. The van der Waals surface area contributed by atoms with Crippen LogP contribution >= 0.6 is 11.6 Å². The van der Waals surface area contributed by atoms with Crippen LogP contribution in [-0.4, -0.2) is 47.6 Å². The number of benzene rings is 2. The molecule has 2 aliphatic carbocycles. The zero-order chi connectivity index (χ0) is 33.1. The second-order valence-corrected chi connectivity index (χ2v) is 13.8. The Labute approximate surface area is 284 Å². The van der Waals surface area contributed by atoms with Crippen LogP contribution in [0.3, 0.4) is 0 Å². The number of hydrogen-bond acceptors (Lipinski definition) is 8. The van der Waals surface area contributed by atoms with Crippen molar-refractivity contribution < 1.29 is 33.6 Å². The highest BCUT2D eigenvalue weighted by atomic mass is 35.5. The Morgan fingerprint density at radius 3 is 2.04 bits per heavy atom. The van der Waals surface area contributed by atoms with Crippen LogP contribution in [0.4, 0.5) is 0 Å². The molecule has 0 saturated heterocycles. The summed E-state index contributed by atoms with van der Waals surface area (Å²) in [5.74, 6) is -3.76. The summed E-state index contributed by atoms with van der Waals surface area (Å²) in [7, 11) is 0. The Morgan fingerprint density at radius 1 is 0.872 bits per heavy atom. The molecule has 0 radical (unpaired) electrons. The molecule has 47 heavy (non-hydrogen) atoms. The standard InChI is InChI=1S/C38H50ClNO7/c1-27(40-25-34(41)29-15-13-17-31(39)24-29)22-28-14-12-16-30(23-28)35-26-44-38(47-35,36(42)45-32-18-8-4-2-5-9-19-32)37(43)46-33-20-10-6-3-7-11-21-33/h12-17,23-24,26-27,32-34,40-41H,2-11,18-22,25H2,1H3/t27-,34?/m1/s1. The van der Waals surface area contributed by atoms with Crippen LogP contribution in [0.25, 0.3) is 5.76 Å². The third kappa shape index (κ3) is 9.97. The van der Waals surface area contributed by atoms with Gasteiger partial charge in [0, 0.05) is 23.2 Å². The van der Waals surface area contributed by atoms with Gasteiger partial charge < -0.3 is 29.4 Å². The number of rotatable bonds is 11. The lowest BCUT2D eigenvalue weighted by molar-refractivity contribution is -0.222. The summed E-state index contributed by atoms with van der Waals surface area (Å²) in [4.78, 5) is 27.7. The van der Waals surface area contributed by atoms with E-state index in [0.29, 0.717) is 23.6 Å². The van der Waals surface area contributed by atoms with E-state index in [2.05, 4.69) is 5.32 Å². The predicted octanol–water partition coefficient (Wildman–Crippen LogP) is 7.95. The molecule has 0 amide bonds. The summed E-state index contributed by atoms with van der Waals surface area (Å²) in [6, 6.07) is 15.0. The maximum Gasteiger partial charge on any atom is 0.453 e. The normalized spacial score (nSPS) is 20.6. The van der Waals surface area contributed by atoms with Crippen LogP contribution in [-0.2, 0) is 35.0 Å². The van der Waals surface area contributed by atoms with E-state index >= 15 is 0 Å². The summed E-state index contributed by atoms with van der Waals surface area (Å²) in [5, 5.41) is 14.6. The summed E-state index contributed by atoms with van der Waals surface area (Å²) >= 11 is 6.08. The lowest BCUT2D eigenvalue weighted by Crippen LogP contribution is -2.52. The van der Waals surface area contributed by atoms with Crippen molar-refractivity contribution in [3.63, 3.8) is 0 Å². The molecule has 0 bridgehead atoms. The molecule has 2 saturated carbocycles. The van der Waals surface area contributed by atoms with E-state index in [1.165, 1.54) is 19.1 Å². The van der Waals surface area contributed by atoms with Gasteiger partial charge in [-0.1, -0.05) is 80.5 Å². The van der Waals surface area contributed by atoms with Gasteiger partial charge in [-0.25, -0.2) is 9.59 Å². The van der Waals surface area contributed by atoms with Crippen molar-refractivity contribution in [1.29, 1.82) is 0 Å². The molecule has 2 fully saturated rings. The molecule has 9 heteroatoms. The van der Waals surface area contributed by atoms with E-state index in [4.69, 9.17) is 30.5 Å². The van der Waals surface area contributed by atoms with Crippen LogP contribution < -0.4 is 5.32 Å². The van der Waals surface area contributed by atoms with Crippen molar-refractivity contribution in [1.82, 2.24) is 5.32 Å². The molecule has 2 aromatic rings. The van der Waals surface area contributed by atoms with Gasteiger partial charge in [-0.3, -0.25) is 0 Å². The number of halogens is 1. The fourth-order valence-corrected chi connectivity index (χ4v) is 6.88. The Hall–Kier alpha value is -3.07. The molecular weight excluding hydrogens is 618 g/mol. The number of ether oxygens (including phenoxy) is 4. The molecule has 1 unspecified atom stereocenters. The quantitative estimate of drug-likeness (QED) is 0.184. The molecule has 8 nitrogen and oxygen atoms in total. The van der Waals surface area contributed by atoms with Crippen molar-refractivity contribution in [3.8, 4) is 0 Å². The van der Waals surface area contributed by atoms with Gasteiger partial charge >= 0.3 is 17.7 Å². The maximum atomic E-state index is 13.8. The van der Waals surface area contributed by atoms with Gasteiger partial charge in [-0.05, 0) is 94.0 Å². The third-order valence-corrected chi connectivity index (χ3v) is 9.66. The van der Waals surface area contributed by atoms with E-state index in [1.807, 2.05) is 43.3 Å². The fraction of sp³-hybridized carbons (Fsp3) is 0.579. The Balaban J connectivity index is 1.26. The van der Waals surface area contributed by atoms with E-state index in [9.17, 15) is 14.7 Å². The van der Waals surface area contributed by atoms with Gasteiger partial charge in [0.25, 0.3) is 0 Å². The van der Waals surface area contributed by atoms with Gasteiger partial charge in [-0.2, -0.15) is 0 Å². The minimum absolute atomic E-state index is 0.0467. The van der Waals surface area contributed by atoms with Crippen molar-refractivity contribution in [3.05, 3.63) is 76.5 Å². The number of carbonyl (C=O) groups is 2. The van der Waals surface area contributed by atoms with Crippen LogP contribution in [0.15, 0.2) is 54.8 Å². The summed E-state index contributed by atoms with van der Waals surface area (Å²) in [6.07, 6.45) is 14.5. The molecule has 0 spiro atoms. The smallest absolute Gasteiger partial charge is 0.453 e. The average molecular weight is 668 g/mol. The molecule has 2 N–H and O–H groups in total. The van der Waals surface area contributed by atoms with Gasteiger partial charge in [-0.15, -0.1) is 0 Å². The van der Waals surface area contributed by atoms with Crippen molar-refractivity contribution >= 4 is 29.3 Å². The number of hydrogen-bond donors (Lipinski definition) is 2. The summed E-state index contributed by atoms with van der Waals surface area (Å²) < 4.78 is 24.0. The van der Waals surface area contributed by atoms with Crippen LogP contribution in [0.5, 0.6) is 0 Å². The Morgan fingerprint density at radius 2 is 1.45 bits per heavy atom. The second kappa shape index (κ2) is 17.4. The first-order chi connectivity index (χ1) is 22.8. The SMILES string of the molecule is C[C@H](Cc1cccc(C2=COC(C(=O)OC3CCCCCCC3)(C(=O)OC3CCCCCCC3)O2)c1)NCC(O)c1cccc(Cl)c1. The topological polar surface area (TPSA) is 103 Å². The largest absolute Gasteiger partial charge is 0.456 e. The molecule has 1 heterocycles. The highest BCUT2D eigenvalue weighted by molar-refractivity contribution is 6.30. The minimum Gasteiger partial charge on any atom is -0.456 e.